The van der Waals surface area contributed by atoms with Crippen molar-refractivity contribution in [3.8, 4) is 0 Å². The summed E-state index contributed by atoms with van der Waals surface area (Å²) in [5.74, 6) is 2.62. The van der Waals surface area contributed by atoms with Gasteiger partial charge in [0.05, 0.1) is 11.5 Å². The Morgan fingerprint density at radius 2 is 1.65 bits per heavy atom. The zero-order valence-corrected chi connectivity index (χ0v) is 10.9. The average molecular weight is 252 g/mol. The van der Waals surface area contributed by atoms with Gasteiger partial charge in [-0.2, -0.15) is 0 Å². The summed E-state index contributed by atoms with van der Waals surface area (Å²) < 4.78 is 0. The van der Waals surface area contributed by atoms with E-state index in [0.29, 0.717) is 11.5 Å². The maximum atomic E-state index is 12.4. The average Bonchev–Trinajstić information content (AvgIpc) is 2.23. The largest absolute Gasteiger partial charge is 0.392 e. The highest BCUT2D eigenvalue weighted by atomic mass is 32.1. The second-order valence-corrected chi connectivity index (χ2v) is 6.87. The molecule has 1 amide bonds. The number of hydrogen-bond acceptors (Lipinski definition) is 2. The molecule has 4 rings (SSSR count). The Hall–Kier alpha value is -0.640. The summed E-state index contributed by atoms with van der Waals surface area (Å²) in [6.07, 6.45) is 7.39. The lowest BCUT2D eigenvalue weighted by Gasteiger charge is -2.55. The third kappa shape index (κ3) is 1.96. The van der Waals surface area contributed by atoms with Crippen molar-refractivity contribution in [2.45, 2.75) is 38.5 Å². The highest BCUT2D eigenvalue weighted by molar-refractivity contribution is 7.80. The van der Waals surface area contributed by atoms with E-state index in [1.807, 2.05) is 0 Å². The number of carbonyl (C=O) groups is 1. The van der Waals surface area contributed by atoms with Crippen molar-refractivity contribution >= 4 is 23.1 Å². The fraction of sp³-hybridized carbons (Fsp3) is 0.846. The van der Waals surface area contributed by atoms with Gasteiger partial charge in [0.2, 0.25) is 5.91 Å². The fourth-order valence-electron chi connectivity index (χ4n) is 4.74. The van der Waals surface area contributed by atoms with E-state index in [0.717, 1.165) is 37.0 Å². The number of rotatable bonds is 3. The molecule has 0 atom stereocenters. The SMILES string of the molecule is NC(=S)CNC(=O)C12CC3CC(CC(C3)C1)C2. The van der Waals surface area contributed by atoms with Crippen LogP contribution in [0.25, 0.3) is 0 Å². The predicted molar refractivity (Wildman–Crippen MR) is 70.4 cm³/mol. The summed E-state index contributed by atoms with van der Waals surface area (Å²) in [6.45, 7) is 0.357. The summed E-state index contributed by atoms with van der Waals surface area (Å²) in [4.78, 5) is 12.8. The molecule has 0 aromatic rings. The van der Waals surface area contributed by atoms with Gasteiger partial charge in [0.1, 0.15) is 0 Å². The highest BCUT2D eigenvalue weighted by Gasteiger charge is 2.54. The van der Waals surface area contributed by atoms with Crippen LogP contribution in [0.1, 0.15) is 38.5 Å². The van der Waals surface area contributed by atoms with Gasteiger partial charge in [-0.1, -0.05) is 12.2 Å². The van der Waals surface area contributed by atoms with E-state index in [1.54, 1.807) is 0 Å². The minimum atomic E-state index is -0.0699. The molecule has 0 spiro atoms. The molecule has 0 radical (unpaired) electrons. The van der Waals surface area contributed by atoms with Gasteiger partial charge < -0.3 is 11.1 Å². The third-order valence-electron chi connectivity index (χ3n) is 4.94. The Kier molecular flexibility index (Phi) is 2.65. The quantitative estimate of drug-likeness (QED) is 0.750. The van der Waals surface area contributed by atoms with Gasteiger partial charge in [0.15, 0.2) is 0 Å². The fourth-order valence-corrected chi connectivity index (χ4v) is 4.82. The van der Waals surface area contributed by atoms with Crippen LogP contribution in [0.2, 0.25) is 0 Å². The molecule has 0 saturated heterocycles. The van der Waals surface area contributed by atoms with Gasteiger partial charge >= 0.3 is 0 Å². The van der Waals surface area contributed by atoms with Crippen molar-refractivity contribution in [2.75, 3.05) is 6.54 Å². The lowest BCUT2D eigenvalue weighted by molar-refractivity contribution is -0.145. The van der Waals surface area contributed by atoms with Crippen LogP contribution in [0.3, 0.4) is 0 Å². The van der Waals surface area contributed by atoms with E-state index in [2.05, 4.69) is 5.32 Å². The Morgan fingerprint density at radius 1 is 1.18 bits per heavy atom. The van der Waals surface area contributed by atoms with Crippen molar-refractivity contribution in [3.63, 3.8) is 0 Å². The van der Waals surface area contributed by atoms with E-state index in [1.165, 1.54) is 19.3 Å². The van der Waals surface area contributed by atoms with Gasteiger partial charge in [0, 0.05) is 5.41 Å². The summed E-state index contributed by atoms with van der Waals surface area (Å²) in [5, 5.41) is 2.93. The first-order chi connectivity index (χ1) is 8.07. The number of nitrogens with one attached hydrogen (secondary N) is 1. The molecule has 4 fully saturated rings. The molecular weight excluding hydrogens is 232 g/mol. The van der Waals surface area contributed by atoms with Gasteiger partial charge in [0.25, 0.3) is 0 Å². The molecule has 3 N–H and O–H groups in total. The van der Waals surface area contributed by atoms with Gasteiger partial charge in [-0.3, -0.25) is 4.79 Å². The van der Waals surface area contributed by atoms with Gasteiger partial charge in [-0.15, -0.1) is 0 Å². The van der Waals surface area contributed by atoms with E-state index < -0.39 is 0 Å². The molecule has 4 aliphatic carbocycles. The molecule has 94 valence electrons. The van der Waals surface area contributed by atoms with Crippen LogP contribution in [0.5, 0.6) is 0 Å². The minimum absolute atomic E-state index is 0.0699. The van der Waals surface area contributed by atoms with Crippen LogP contribution >= 0.6 is 12.2 Å². The number of nitrogens with two attached hydrogens (primary N) is 1. The van der Waals surface area contributed by atoms with Crippen molar-refractivity contribution in [3.05, 3.63) is 0 Å². The Morgan fingerprint density at radius 3 is 2.06 bits per heavy atom. The van der Waals surface area contributed by atoms with Crippen LogP contribution in [-0.2, 0) is 4.79 Å². The first kappa shape index (κ1) is 11.5. The summed E-state index contributed by atoms with van der Waals surface area (Å²) in [7, 11) is 0. The zero-order chi connectivity index (χ0) is 12.0. The molecule has 3 nitrogen and oxygen atoms in total. The van der Waals surface area contributed by atoms with Gasteiger partial charge in [-0.05, 0) is 56.3 Å². The lowest BCUT2D eigenvalue weighted by atomic mass is 9.49. The molecule has 0 aliphatic heterocycles. The van der Waals surface area contributed by atoms with E-state index in [-0.39, 0.29) is 11.3 Å². The molecule has 0 heterocycles. The maximum Gasteiger partial charge on any atom is 0.226 e. The Labute approximate surface area is 108 Å². The zero-order valence-electron chi connectivity index (χ0n) is 10.1. The van der Waals surface area contributed by atoms with Crippen molar-refractivity contribution < 1.29 is 4.79 Å². The number of thiocarbonyl (C=S) groups is 1. The third-order valence-corrected chi connectivity index (χ3v) is 5.09. The first-order valence-electron chi connectivity index (χ1n) is 6.64. The molecule has 0 unspecified atom stereocenters. The second kappa shape index (κ2) is 3.94. The molecule has 4 bridgehead atoms. The second-order valence-electron chi connectivity index (χ2n) is 6.35. The van der Waals surface area contributed by atoms with Crippen molar-refractivity contribution in [1.29, 1.82) is 0 Å². The monoisotopic (exact) mass is 252 g/mol. The summed E-state index contributed by atoms with van der Waals surface area (Å²) in [5.41, 5.74) is 5.38. The van der Waals surface area contributed by atoms with Crippen LogP contribution in [0, 0.1) is 23.2 Å². The number of amides is 1. The smallest absolute Gasteiger partial charge is 0.226 e. The molecule has 4 heteroatoms. The molecular formula is C13H20N2OS. The van der Waals surface area contributed by atoms with Gasteiger partial charge in [-0.25, -0.2) is 0 Å². The van der Waals surface area contributed by atoms with Crippen LogP contribution < -0.4 is 11.1 Å². The summed E-state index contributed by atoms with van der Waals surface area (Å²) >= 11 is 4.82. The topological polar surface area (TPSA) is 55.1 Å². The molecule has 17 heavy (non-hydrogen) atoms. The molecule has 4 saturated carbocycles. The standard InChI is InChI=1S/C13H20N2OS/c14-11(17)7-15-12(16)13-4-8-1-9(5-13)3-10(2-8)6-13/h8-10H,1-7H2,(H2,14,17)(H,15,16). The van der Waals surface area contributed by atoms with E-state index >= 15 is 0 Å². The van der Waals surface area contributed by atoms with Crippen molar-refractivity contribution in [2.24, 2.45) is 28.9 Å². The van der Waals surface area contributed by atoms with Crippen LogP contribution in [-0.4, -0.2) is 17.4 Å². The normalized spacial score (nSPS) is 42.5. The minimum Gasteiger partial charge on any atom is -0.392 e. The Balaban J connectivity index is 1.73. The maximum absolute atomic E-state index is 12.4. The van der Waals surface area contributed by atoms with E-state index in [9.17, 15) is 4.79 Å². The number of carbonyl (C=O) groups excluding carboxylic acids is 1. The van der Waals surface area contributed by atoms with E-state index in [4.69, 9.17) is 18.0 Å². The Bertz CT molecular complexity index is 331. The predicted octanol–water partition coefficient (Wildman–Crippen LogP) is 1.61. The molecule has 4 aliphatic rings. The lowest BCUT2D eigenvalue weighted by Crippen LogP contribution is -2.54. The molecule has 0 aromatic heterocycles. The molecule has 0 aromatic carbocycles. The summed E-state index contributed by atoms with van der Waals surface area (Å²) in [6, 6.07) is 0. The van der Waals surface area contributed by atoms with Crippen LogP contribution in [0.4, 0.5) is 0 Å². The van der Waals surface area contributed by atoms with Crippen molar-refractivity contribution in [1.82, 2.24) is 5.32 Å². The highest BCUT2D eigenvalue weighted by Crippen LogP contribution is 2.60. The number of hydrogen-bond donors (Lipinski definition) is 2. The first-order valence-corrected chi connectivity index (χ1v) is 7.05. The van der Waals surface area contributed by atoms with Crippen LogP contribution in [0.15, 0.2) is 0 Å².